The van der Waals surface area contributed by atoms with Gasteiger partial charge in [-0.3, -0.25) is 4.98 Å². The van der Waals surface area contributed by atoms with E-state index in [9.17, 15) is 4.39 Å². The number of nitrogens with zero attached hydrogens (tertiary/aromatic N) is 7. The molecule has 0 atom stereocenters. The lowest BCUT2D eigenvalue weighted by Gasteiger charge is -2.06. The molecule has 0 saturated carbocycles. The van der Waals surface area contributed by atoms with Crippen LogP contribution in [0.15, 0.2) is 61.1 Å². The Bertz CT molecular complexity index is 948. The molecule has 0 unspecified atom stereocenters. The molecular weight excluding hydrogens is 309 g/mol. The maximum Gasteiger partial charge on any atom is 0.251 e. The van der Waals surface area contributed by atoms with Gasteiger partial charge in [0.25, 0.3) is 5.95 Å². The van der Waals surface area contributed by atoms with Crippen LogP contribution in [0, 0.1) is 5.82 Å². The molecule has 0 fully saturated rings. The molecule has 0 N–H and O–H groups in total. The highest BCUT2D eigenvalue weighted by Gasteiger charge is 2.16. The Balaban J connectivity index is 1.80. The van der Waals surface area contributed by atoms with Gasteiger partial charge in [0, 0.05) is 11.8 Å². The van der Waals surface area contributed by atoms with E-state index in [1.807, 2.05) is 18.2 Å². The summed E-state index contributed by atoms with van der Waals surface area (Å²) in [6, 6.07) is 12.0. The molecule has 1 aromatic carbocycles. The molecule has 0 spiro atoms. The van der Waals surface area contributed by atoms with Crippen LogP contribution in [-0.2, 0) is 6.54 Å². The normalized spacial score (nSPS) is 10.9. The molecule has 3 aromatic heterocycles. The minimum atomic E-state index is -0.295. The van der Waals surface area contributed by atoms with E-state index in [1.54, 1.807) is 41.5 Å². The first-order chi connectivity index (χ1) is 11.8. The third kappa shape index (κ3) is 2.65. The average molecular weight is 321 g/mol. The van der Waals surface area contributed by atoms with E-state index in [0.717, 1.165) is 0 Å². The molecule has 3 heterocycles. The molecule has 0 saturated heterocycles. The lowest BCUT2D eigenvalue weighted by Crippen LogP contribution is -2.11. The van der Waals surface area contributed by atoms with E-state index in [1.165, 1.54) is 10.7 Å². The van der Waals surface area contributed by atoms with Crippen molar-refractivity contribution >= 4 is 0 Å². The molecule has 7 nitrogen and oxygen atoms in total. The Morgan fingerprint density at radius 2 is 1.88 bits per heavy atom. The standard InChI is InChI=1S/C16H12FN7/c17-13-6-2-1-5-12(13)11-24-16(23-10-9-19-22-23)20-15(21-24)14-7-3-4-8-18-14/h1-10H,11H2. The Kier molecular flexibility index (Phi) is 3.54. The van der Waals surface area contributed by atoms with E-state index in [-0.39, 0.29) is 12.4 Å². The van der Waals surface area contributed by atoms with Gasteiger partial charge in [-0.1, -0.05) is 29.5 Å². The van der Waals surface area contributed by atoms with Crippen molar-refractivity contribution in [2.45, 2.75) is 6.54 Å². The van der Waals surface area contributed by atoms with Crippen LogP contribution in [-0.4, -0.2) is 34.7 Å². The summed E-state index contributed by atoms with van der Waals surface area (Å²) in [4.78, 5) is 8.73. The maximum absolute atomic E-state index is 14.0. The summed E-state index contributed by atoms with van der Waals surface area (Å²) in [7, 11) is 0. The van der Waals surface area contributed by atoms with E-state index in [4.69, 9.17) is 0 Å². The molecule has 8 heteroatoms. The lowest BCUT2D eigenvalue weighted by atomic mass is 10.2. The van der Waals surface area contributed by atoms with Crippen molar-refractivity contribution in [3.63, 3.8) is 0 Å². The second-order valence-corrected chi connectivity index (χ2v) is 5.05. The fraction of sp³-hybridized carbons (Fsp3) is 0.0625. The van der Waals surface area contributed by atoms with Crippen LogP contribution in [0.5, 0.6) is 0 Å². The van der Waals surface area contributed by atoms with Gasteiger partial charge < -0.3 is 0 Å². The predicted molar refractivity (Wildman–Crippen MR) is 83.7 cm³/mol. The van der Waals surface area contributed by atoms with Crippen LogP contribution >= 0.6 is 0 Å². The molecule has 0 aliphatic heterocycles. The van der Waals surface area contributed by atoms with Crippen LogP contribution in [0.1, 0.15) is 5.56 Å². The first-order valence-corrected chi connectivity index (χ1v) is 7.27. The van der Waals surface area contributed by atoms with Gasteiger partial charge in [-0.25, -0.2) is 9.07 Å². The molecule has 118 valence electrons. The van der Waals surface area contributed by atoms with E-state index < -0.39 is 0 Å². The summed E-state index contributed by atoms with van der Waals surface area (Å²) in [6.45, 7) is 0.224. The summed E-state index contributed by atoms with van der Waals surface area (Å²) in [5.74, 6) is 0.589. The smallest absolute Gasteiger partial charge is 0.251 e. The van der Waals surface area contributed by atoms with Gasteiger partial charge in [0.05, 0.1) is 18.9 Å². The Morgan fingerprint density at radius 1 is 1.00 bits per heavy atom. The van der Waals surface area contributed by atoms with Crippen molar-refractivity contribution < 1.29 is 4.39 Å². The van der Waals surface area contributed by atoms with Crippen molar-refractivity contribution in [3.05, 3.63) is 72.4 Å². The molecule has 4 aromatic rings. The number of hydrogen-bond acceptors (Lipinski definition) is 5. The third-order valence-electron chi connectivity index (χ3n) is 3.45. The van der Waals surface area contributed by atoms with Crippen LogP contribution in [0.3, 0.4) is 0 Å². The molecule has 4 rings (SSSR count). The average Bonchev–Trinajstić information content (AvgIpc) is 3.27. The first-order valence-electron chi connectivity index (χ1n) is 7.27. The van der Waals surface area contributed by atoms with Gasteiger partial charge in [-0.2, -0.15) is 9.67 Å². The van der Waals surface area contributed by atoms with Gasteiger partial charge in [-0.05, 0) is 18.2 Å². The number of aromatic nitrogens is 7. The second-order valence-electron chi connectivity index (χ2n) is 5.05. The van der Waals surface area contributed by atoms with Gasteiger partial charge in [0.1, 0.15) is 11.5 Å². The number of rotatable bonds is 4. The fourth-order valence-electron chi connectivity index (χ4n) is 2.32. The third-order valence-corrected chi connectivity index (χ3v) is 3.45. The molecule has 0 radical (unpaired) electrons. The number of hydrogen-bond donors (Lipinski definition) is 0. The van der Waals surface area contributed by atoms with Crippen molar-refractivity contribution in [3.8, 4) is 17.5 Å². The lowest BCUT2D eigenvalue weighted by molar-refractivity contribution is 0.572. The van der Waals surface area contributed by atoms with Crippen LogP contribution in [0.25, 0.3) is 17.5 Å². The zero-order valence-electron chi connectivity index (χ0n) is 12.5. The summed E-state index contributed by atoms with van der Waals surface area (Å²) < 4.78 is 17.0. The van der Waals surface area contributed by atoms with Crippen LogP contribution in [0.2, 0.25) is 0 Å². The van der Waals surface area contributed by atoms with E-state index in [0.29, 0.717) is 23.0 Å². The van der Waals surface area contributed by atoms with Crippen LogP contribution < -0.4 is 0 Å². The summed E-state index contributed by atoms with van der Waals surface area (Å²) in [5.41, 5.74) is 1.14. The van der Waals surface area contributed by atoms with Gasteiger partial charge >= 0.3 is 0 Å². The minimum absolute atomic E-state index is 0.224. The quantitative estimate of drug-likeness (QED) is 0.575. The Hall–Kier alpha value is -3.42. The van der Waals surface area contributed by atoms with Crippen molar-refractivity contribution in [2.75, 3.05) is 0 Å². The summed E-state index contributed by atoms with van der Waals surface area (Å²) in [5, 5.41) is 12.2. The molecule has 0 aliphatic rings. The zero-order chi connectivity index (χ0) is 16.4. The predicted octanol–water partition coefficient (Wildman–Crippen LogP) is 2.11. The minimum Gasteiger partial charge on any atom is -0.253 e. The van der Waals surface area contributed by atoms with Crippen molar-refractivity contribution in [1.82, 2.24) is 34.7 Å². The first kappa shape index (κ1) is 14.2. The SMILES string of the molecule is Fc1ccccc1Cn1nc(-c2ccccn2)nc1-n1ccnn1. The van der Waals surface area contributed by atoms with E-state index >= 15 is 0 Å². The molecule has 0 bridgehead atoms. The van der Waals surface area contributed by atoms with E-state index in [2.05, 4.69) is 25.4 Å². The topological polar surface area (TPSA) is 74.3 Å². The molecule has 0 aliphatic carbocycles. The number of pyridine rings is 1. The molecule has 0 amide bonds. The monoisotopic (exact) mass is 321 g/mol. The Morgan fingerprint density at radius 3 is 2.62 bits per heavy atom. The summed E-state index contributed by atoms with van der Waals surface area (Å²) >= 11 is 0. The number of benzene rings is 1. The zero-order valence-corrected chi connectivity index (χ0v) is 12.5. The summed E-state index contributed by atoms with van der Waals surface area (Å²) in [6.07, 6.45) is 4.87. The number of halogens is 1. The highest BCUT2D eigenvalue weighted by Crippen LogP contribution is 2.16. The van der Waals surface area contributed by atoms with Crippen molar-refractivity contribution in [2.24, 2.45) is 0 Å². The van der Waals surface area contributed by atoms with Gasteiger partial charge in [0.2, 0.25) is 5.82 Å². The highest BCUT2D eigenvalue weighted by atomic mass is 19.1. The molecular formula is C16H12FN7. The molecule has 24 heavy (non-hydrogen) atoms. The maximum atomic E-state index is 14.0. The van der Waals surface area contributed by atoms with Gasteiger partial charge in [-0.15, -0.1) is 10.2 Å². The Labute approximate surface area is 136 Å². The second kappa shape index (κ2) is 5.99. The van der Waals surface area contributed by atoms with Crippen molar-refractivity contribution in [1.29, 1.82) is 0 Å². The highest BCUT2D eigenvalue weighted by molar-refractivity contribution is 5.49. The fourth-order valence-corrected chi connectivity index (χ4v) is 2.32. The largest absolute Gasteiger partial charge is 0.253 e. The van der Waals surface area contributed by atoms with Gasteiger partial charge in [0.15, 0.2) is 0 Å². The van der Waals surface area contributed by atoms with Crippen LogP contribution in [0.4, 0.5) is 4.39 Å².